The summed E-state index contributed by atoms with van der Waals surface area (Å²) in [4.78, 5) is 59.0. The monoisotopic (exact) mass is 624 g/mol. The van der Waals surface area contributed by atoms with Crippen molar-refractivity contribution in [2.24, 2.45) is 38.7 Å². The van der Waals surface area contributed by atoms with Crippen molar-refractivity contribution in [2.45, 2.75) is 62.7 Å². The van der Waals surface area contributed by atoms with Gasteiger partial charge in [-0.1, -0.05) is 12.1 Å². The number of nitrogens with zero attached hydrogens (tertiary/aromatic N) is 2. The first kappa shape index (κ1) is 36.8. The number of nitrogens with two attached hydrogens (primary N) is 5. The highest BCUT2D eigenvalue weighted by Crippen LogP contribution is 2.12. The lowest BCUT2D eigenvalue weighted by Crippen LogP contribution is -2.57. The number of phenolic OH excluding ortho intramolecular Hbond substituents is 1. The second-order valence-corrected chi connectivity index (χ2v) is 10.7. The summed E-state index contributed by atoms with van der Waals surface area (Å²) in [6.07, 6.45) is 3.07. The third-order valence-corrected chi connectivity index (χ3v) is 6.76. The molecule has 43 heavy (non-hydrogen) atoms. The highest BCUT2D eigenvalue weighted by Gasteiger charge is 2.30. The van der Waals surface area contributed by atoms with Crippen molar-refractivity contribution in [1.29, 1.82) is 0 Å². The van der Waals surface area contributed by atoms with E-state index in [0.717, 1.165) is 0 Å². The van der Waals surface area contributed by atoms with Crippen LogP contribution >= 0.6 is 11.8 Å². The number of hydrogen-bond acceptors (Lipinski definition) is 9. The van der Waals surface area contributed by atoms with Crippen LogP contribution < -0.4 is 44.6 Å². The van der Waals surface area contributed by atoms with Gasteiger partial charge >= 0.3 is 5.97 Å². The predicted octanol–water partition coefficient (Wildman–Crippen LogP) is -2.34. The summed E-state index contributed by atoms with van der Waals surface area (Å²) in [6.45, 7) is 0.461. The number of carboxylic acid groups (broad SMARTS) is 1. The van der Waals surface area contributed by atoms with E-state index in [4.69, 9.17) is 28.7 Å². The van der Waals surface area contributed by atoms with E-state index in [2.05, 4.69) is 25.9 Å². The molecule has 0 spiro atoms. The molecule has 0 fully saturated rings. The van der Waals surface area contributed by atoms with Crippen molar-refractivity contribution < 1.29 is 29.4 Å². The summed E-state index contributed by atoms with van der Waals surface area (Å²) in [7, 11) is 0. The minimum atomic E-state index is -1.25. The number of rotatable bonds is 20. The zero-order valence-corrected chi connectivity index (χ0v) is 25.0. The molecule has 0 aliphatic rings. The molecule has 0 radical (unpaired) electrons. The van der Waals surface area contributed by atoms with Gasteiger partial charge in [0.25, 0.3) is 0 Å². The molecule has 0 aliphatic heterocycles. The lowest BCUT2D eigenvalue weighted by molar-refractivity contribution is -0.142. The highest BCUT2D eigenvalue weighted by molar-refractivity contribution is 7.98. The van der Waals surface area contributed by atoms with Crippen LogP contribution in [-0.2, 0) is 25.6 Å². The number of aliphatic carboxylic acids is 1. The number of aromatic hydroxyl groups is 1. The van der Waals surface area contributed by atoms with E-state index in [9.17, 15) is 29.4 Å². The van der Waals surface area contributed by atoms with Crippen LogP contribution in [-0.4, -0.2) is 95.1 Å². The van der Waals surface area contributed by atoms with Gasteiger partial charge in [0, 0.05) is 19.5 Å². The standard InChI is InChI=1S/C26H44N10O6S/c1-43-13-10-18(22(39)35-19(24(41)42)5-3-12-33-26(30)31)34-23(40)20(14-15-6-8-16(37)9-7-15)36-21(38)17(27)4-2-11-32-25(28)29/h6-9,17-20,37H,2-5,10-14,27H2,1H3,(H,34,40)(H,35,39)(H,36,38)(H,41,42)(H4,28,29,32)(H4,30,31,33). The molecule has 16 nitrogen and oxygen atoms in total. The highest BCUT2D eigenvalue weighted by atomic mass is 32.2. The van der Waals surface area contributed by atoms with Crippen LogP contribution in [0.4, 0.5) is 0 Å². The summed E-state index contributed by atoms with van der Waals surface area (Å²) in [5.41, 5.74) is 27.8. The average Bonchev–Trinajstić information content (AvgIpc) is 2.94. The summed E-state index contributed by atoms with van der Waals surface area (Å²) >= 11 is 1.44. The normalized spacial score (nSPS) is 13.4. The molecule has 0 aromatic heterocycles. The van der Waals surface area contributed by atoms with Gasteiger partial charge in [-0.3, -0.25) is 24.4 Å². The summed E-state index contributed by atoms with van der Waals surface area (Å²) < 4.78 is 0. The molecule has 4 atom stereocenters. The Balaban J connectivity index is 3.06. The summed E-state index contributed by atoms with van der Waals surface area (Å²) in [5.74, 6) is -2.91. The molecule has 1 aromatic rings. The SMILES string of the molecule is CSCCC(NC(=O)C(Cc1ccc(O)cc1)NC(=O)C(N)CCCN=C(N)N)C(=O)NC(CCCN=C(N)N)C(=O)O. The quantitative estimate of drug-likeness (QED) is 0.0415. The molecule has 0 saturated carbocycles. The number of guanidine groups is 2. The van der Waals surface area contributed by atoms with Gasteiger partial charge < -0.3 is 54.8 Å². The first-order valence-corrected chi connectivity index (χ1v) is 15.0. The Morgan fingerprint density at radius 3 is 1.84 bits per heavy atom. The predicted molar refractivity (Wildman–Crippen MR) is 166 cm³/mol. The van der Waals surface area contributed by atoms with Crippen molar-refractivity contribution >= 4 is 47.4 Å². The number of hydrogen-bond donors (Lipinski definition) is 10. The molecular formula is C26H44N10O6S. The summed E-state index contributed by atoms with van der Waals surface area (Å²) in [5, 5.41) is 27.0. The van der Waals surface area contributed by atoms with Gasteiger partial charge in [0.05, 0.1) is 6.04 Å². The number of carbonyl (C=O) groups is 4. The van der Waals surface area contributed by atoms with Crippen molar-refractivity contribution in [3.05, 3.63) is 29.8 Å². The minimum absolute atomic E-state index is 0.0247. The fourth-order valence-electron chi connectivity index (χ4n) is 3.82. The van der Waals surface area contributed by atoms with Gasteiger partial charge in [-0.2, -0.15) is 11.8 Å². The zero-order valence-electron chi connectivity index (χ0n) is 24.2. The molecule has 3 amide bonds. The Morgan fingerprint density at radius 2 is 1.30 bits per heavy atom. The Kier molecular flexibility index (Phi) is 16.9. The number of carboxylic acids is 1. The second-order valence-electron chi connectivity index (χ2n) is 9.68. The molecule has 0 bridgehead atoms. The average molecular weight is 625 g/mol. The molecule has 0 aliphatic carbocycles. The van der Waals surface area contributed by atoms with Crippen LogP contribution in [0.5, 0.6) is 5.75 Å². The van der Waals surface area contributed by atoms with Crippen molar-refractivity contribution in [3.63, 3.8) is 0 Å². The minimum Gasteiger partial charge on any atom is -0.508 e. The number of amides is 3. The first-order chi connectivity index (χ1) is 20.3. The molecule has 1 aromatic carbocycles. The van der Waals surface area contributed by atoms with Crippen molar-refractivity contribution in [1.82, 2.24) is 16.0 Å². The molecular weight excluding hydrogens is 580 g/mol. The second kappa shape index (κ2) is 19.8. The van der Waals surface area contributed by atoms with Crippen LogP contribution in [0.15, 0.2) is 34.3 Å². The largest absolute Gasteiger partial charge is 0.508 e. The number of phenols is 1. The summed E-state index contributed by atoms with van der Waals surface area (Å²) in [6, 6.07) is 1.64. The van der Waals surface area contributed by atoms with Crippen LogP contribution in [0.2, 0.25) is 0 Å². The Morgan fingerprint density at radius 1 is 0.791 bits per heavy atom. The van der Waals surface area contributed by atoms with E-state index in [-0.39, 0.29) is 56.4 Å². The third-order valence-electron chi connectivity index (χ3n) is 6.12. The maximum atomic E-state index is 13.5. The van der Waals surface area contributed by atoms with Crippen LogP contribution in [0.3, 0.4) is 0 Å². The molecule has 17 heteroatoms. The molecule has 4 unspecified atom stereocenters. The van der Waals surface area contributed by atoms with Gasteiger partial charge in [-0.25, -0.2) is 4.79 Å². The van der Waals surface area contributed by atoms with Crippen LogP contribution in [0, 0.1) is 0 Å². The number of benzene rings is 1. The Bertz CT molecular complexity index is 1110. The van der Waals surface area contributed by atoms with E-state index in [1.165, 1.54) is 23.9 Å². The van der Waals surface area contributed by atoms with E-state index in [0.29, 0.717) is 24.2 Å². The van der Waals surface area contributed by atoms with E-state index < -0.39 is 47.9 Å². The van der Waals surface area contributed by atoms with Crippen LogP contribution in [0.25, 0.3) is 0 Å². The third kappa shape index (κ3) is 15.5. The number of nitrogens with one attached hydrogen (secondary N) is 3. The fourth-order valence-corrected chi connectivity index (χ4v) is 4.29. The molecule has 1 rings (SSSR count). The Labute approximate surface area is 254 Å². The van der Waals surface area contributed by atoms with Crippen molar-refractivity contribution in [2.75, 3.05) is 25.1 Å². The topological polar surface area (TPSA) is 300 Å². The number of thioether (sulfide) groups is 1. The van der Waals surface area contributed by atoms with Gasteiger partial charge in [0.2, 0.25) is 17.7 Å². The number of carbonyl (C=O) groups excluding carboxylic acids is 3. The van der Waals surface area contributed by atoms with E-state index in [1.807, 2.05) is 6.26 Å². The lowest BCUT2D eigenvalue weighted by Gasteiger charge is -2.25. The van der Waals surface area contributed by atoms with Crippen molar-refractivity contribution in [3.8, 4) is 5.75 Å². The lowest BCUT2D eigenvalue weighted by atomic mass is 10.0. The van der Waals surface area contributed by atoms with E-state index >= 15 is 0 Å². The molecule has 240 valence electrons. The van der Waals surface area contributed by atoms with Gasteiger partial charge in [0.15, 0.2) is 11.9 Å². The van der Waals surface area contributed by atoms with Gasteiger partial charge in [-0.15, -0.1) is 0 Å². The van der Waals surface area contributed by atoms with E-state index in [1.54, 1.807) is 12.1 Å². The maximum Gasteiger partial charge on any atom is 0.326 e. The molecule has 0 saturated heterocycles. The smallest absolute Gasteiger partial charge is 0.326 e. The maximum absolute atomic E-state index is 13.5. The fraction of sp³-hybridized carbons (Fsp3) is 0.538. The molecule has 15 N–H and O–H groups in total. The zero-order chi connectivity index (χ0) is 32.4. The van der Waals surface area contributed by atoms with Gasteiger partial charge in [-0.05, 0) is 61.8 Å². The molecule has 0 heterocycles. The van der Waals surface area contributed by atoms with Gasteiger partial charge in [0.1, 0.15) is 23.9 Å². The first-order valence-electron chi connectivity index (χ1n) is 13.6. The Hall–Kier alpha value is -4.25. The van der Waals surface area contributed by atoms with Crippen LogP contribution in [0.1, 0.15) is 37.7 Å². The number of aliphatic imine (C=N–C) groups is 2.